The summed E-state index contributed by atoms with van der Waals surface area (Å²) in [6.45, 7) is 4.11. The number of nitrogens with zero attached hydrogens (tertiary/aromatic N) is 2. The predicted octanol–water partition coefficient (Wildman–Crippen LogP) is 3.02. The molecule has 3 heteroatoms. The first-order chi connectivity index (χ1) is 8.36. The number of benzene rings is 1. The molecule has 2 aromatic heterocycles. The third kappa shape index (κ3) is 1.61. The first kappa shape index (κ1) is 9.78. The molecule has 2 heterocycles. The molecular weight excluding hydrogens is 210 g/mol. The number of rotatable bonds is 2. The summed E-state index contributed by atoms with van der Waals surface area (Å²) >= 11 is 0. The van der Waals surface area contributed by atoms with Crippen LogP contribution in [0.3, 0.4) is 0 Å². The molecule has 0 aliphatic rings. The molecule has 0 saturated heterocycles. The molecule has 3 rings (SSSR count). The lowest BCUT2D eigenvalue weighted by Gasteiger charge is -2.06. The molecular formula is C14H11N3. The first-order valence-electron chi connectivity index (χ1n) is 5.38. The number of imidazole rings is 1. The van der Waals surface area contributed by atoms with E-state index in [1.54, 1.807) is 12.5 Å². The smallest absolute Gasteiger partial charge is 0.0927 e. The van der Waals surface area contributed by atoms with E-state index in [0.717, 1.165) is 27.7 Å². The van der Waals surface area contributed by atoms with Crippen molar-refractivity contribution in [1.29, 1.82) is 0 Å². The maximum atomic E-state index is 4.34. The largest absolute Gasteiger partial charge is 0.351 e. The highest BCUT2D eigenvalue weighted by molar-refractivity contribution is 5.94. The van der Waals surface area contributed by atoms with Crippen LogP contribution < -0.4 is 0 Å². The average molecular weight is 221 g/mol. The standard InChI is InChI=1S/C14H11N3/c1-10(14-8-15-9-17-14)11-6-7-16-13-5-3-2-4-12(11)13/h2-9H,1H2,(H,15,17). The summed E-state index contributed by atoms with van der Waals surface area (Å²) in [5, 5.41) is 1.10. The summed E-state index contributed by atoms with van der Waals surface area (Å²) < 4.78 is 0. The SMILES string of the molecule is C=C(c1c[nH]cn1)c1ccnc2ccccc12. The molecule has 0 unspecified atom stereocenters. The van der Waals surface area contributed by atoms with Gasteiger partial charge in [0.2, 0.25) is 0 Å². The van der Waals surface area contributed by atoms with Crippen molar-refractivity contribution in [3.8, 4) is 0 Å². The van der Waals surface area contributed by atoms with E-state index in [1.165, 1.54) is 0 Å². The van der Waals surface area contributed by atoms with Crippen LogP contribution in [-0.4, -0.2) is 15.0 Å². The van der Waals surface area contributed by atoms with Crippen LogP contribution in [0.1, 0.15) is 11.3 Å². The number of nitrogens with one attached hydrogen (secondary N) is 1. The Balaban J connectivity index is 2.21. The van der Waals surface area contributed by atoms with E-state index >= 15 is 0 Å². The monoisotopic (exact) mass is 221 g/mol. The van der Waals surface area contributed by atoms with Crippen LogP contribution in [0.4, 0.5) is 0 Å². The van der Waals surface area contributed by atoms with Gasteiger partial charge in [-0.05, 0) is 17.7 Å². The predicted molar refractivity (Wildman–Crippen MR) is 68.5 cm³/mol. The molecule has 0 bridgehead atoms. The van der Waals surface area contributed by atoms with Crippen molar-refractivity contribution in [1.82, 2.24) is 15.0 Å². The Labute approximate surface area is 98.9 Å². The molecule has 0 aliphatic carbocycles. The maximum Gasteiger partial charge on any atom is 0.0927 e. The summed E-state index contributed by atoms with van der Waals surface area (Å²) in [7, 11) is 0. The topological polar surface area (TPSA) is 41.6 Å². The number of hydrogen-bond acceptors (Lipinski definition) is 2. The minimum Gasteiger partial charge on any atom is -0.351 e. The maximum absolute atomic E-state index is 4.34. The van der Waals surface area contributed by atoms with Crippen LogP contribution in [0.25, 0.3) is 16.5 Å². The lowest BCUT2D eigenvalue weighted by Crippen LogP contribution is -1.89. The number of aromatic nitrogens is 3. The summed E-state index contributed by atoms with van der Waals surface area (Å²) in [4.78, 5) is 11.5. The van der Waals surface area contributed by atoms with E-state index in [-0.39, 0.29) is 0 Å². The fraction of sp³-hybridized carbons (Fsp3) is 0. The Morgan fingerprint density at radius 1 is 1.12 bits per heavy atom. The molecule has 0 radical (unpaired) electrons. The summed E-state index contributed by atoms with van der Waals surface area (Å²) in [6, 6.07) is 10.0. The highest BCUT2D eigenvalue weighted by atomic mass is 14.9. The third-order valence-electron chi connectivity index (χ3n) is 2.78. The van der Waals surface area contributed by atoms with Crippen LogP contribution in [0.5, 0.6) is 0 Å². The van der Waals surface area contributed by atoms with Crippen molar-refractivity contribution in [2.75, 3.05) is 0 Å². The molecule has 3 aromatic rings. The molecule has 0 fully saturated rings. The van der Waals surface area contributed by atoms with Crippen LogP contribution in [0.15, 0.2) is 55.6 Å². The normalized spacial score (nSPS) is 10.6. The Bertz CT molecular complexity index is 664. The van der Waals surface area contributed by atoms with E-state index in [9.17, 15) is 0 Å². The van der Waals surface area contributed by atoms with Crippen molar-refractivity contribution in [2.24, 2.45) is 0 Å². The van der Waals surface area contributed by atoms with E-state index < -0.39 is 0 Å². The van der Waals surface area contributed by atoms with E-state index in [4.69, 9.17) is 0 Å². The summed E-state index contributed by atoms with van der Waals surface area (Å²) in [5.74, 6) is 0. The molecule has 17 heavy (non-hydrogen) atoms. The second-order valence-corrected chi connectivity index (χ2v) is 3.81. The fourth-order valence-corrected chi connectivity index (χ4v) is 1.92. The zero-order chi connectivity index (χ0) is 11.7. The van der Waals surface area contributed by atoms with Crippen molar-refractivity contribution >= 4 is 16.5 Å². The van der Waals surface area contributed by atoms with Gasteiger partial charge in [0.15, 0.2) is 0 Å². The number of H-pyrrole nitrogens is 1. The highest BCUT2D eigenvalue weighted by Gasteiger charge is 2.08. The lowest BCUT2D eigenvalue weighted by molar-refractivity contribution is 1.30. The van der Waals surface area contributed by atoms with E-state index in [1.807, 2.05) is 30.5 Å². The second kappa shape index (κ2) is 3.87. The summed E-state index contributed by atoms with van der Waals surface area (Å²) in [5.41, 5.74) is 3.82. The van der Waals surface area contributed by atoms with Gasteiger partial charge in [-0.1, -0.05) is 24.8 Å². The van der Waals surface area contributed by atoms with Crippen molar-refractivity contribution in [3.05, 3.63) is 66.9 Å². The van der Waals surface area contributed by atoms with Crippen LogP contribution in [0, 0.1) is 0 Å². The molecule has 3 nitrogen and oxygen atoms in total. The molecule has 1 aromatic carbocycles. The van der Waals surface area contributed by atoms with E-state index in [0.29, 0.717) is 0 Å². The van der Waals surface area contributed by atoms with Crippen molar-refractivity contribution < 1.29 is 0 Å². The van der Waals surface area contributed by atoms with Gasteiger partial charge < -0.3 is 4.98 Å². The van der Waals surface area contributed by atoms with Crippen LogP contribution in [-0.2, 0) is 0 Å². The molecule has 0 atom stereocenters. The van der Waals surface area contributed by atoms with Crippen molar-refractivity contribution in [3.63, 3.8) is 0 Å². The first-order valence-corrected chi connectivity index (χ1v) is 5.38. The molecule has 1 N–H and O–H groups in total. The Hall–Kier alpha value is -2.42. The molecule has 0 aliphatic heterocycles. The van der Waals surface area contributed by atoms with E-state index in [2.05, 4.69) is 27.6 Å². The van der Waals surface area contributed by atoms with Gasteiger partial charge in [-0.2, -0.15) is 0 Å². The number of para-hydroxylation sites is 1. The van der Waals surface area contributed by atoms with Crippen LogP contribution >= 0.6 is 0 Å². The minimum atomic E-state index is 0.862. The molecule has 0 spiro atoms. The Kier molecular flexibility index (Phi) is 2.22. The van der Waals surface area contributed by atoms with Gasteiger partial charge in [0.05, 0.1) is 17.5 Å². The number of pyridine rings is 1. The number of aromatic amines is 1. The fourth-order valence-electron chi connectivity index (χ4n) is 1.92. The molecule has 82 valence electrons. The van der Waals surface area contributed by atoms with Gasteiger partial charge in [-0.25, -0.2) is 4.98 Å². The minimum absolute atomic E-state index is 0.862. The van der Waals surface area contributed by atoms with Gasteiger partial charge in [-0.15, -0.1) is 0 Å². The molecule has 0 saturated carbocycles. The zero-order valence-corrected chi connectivity index (χ0v) is 9.22. The van der Waals surface area contributed by atoms with Gasteiger partial charge in [0.1, 0.15) is 0 Å². The Morgan fingerprint density at radius 2 is 2.00 bits per heavy atom. The molecule has 0 amide bonds. The van der Waals surface area contributed by atoms with Gasteiger partial charge >= 0.3 is 0 Å². The average Bonchev–Trinajstić information content (AvgIpc) is 2.91. The van der Waals surface area contributed by atoms with Crippen molar-refractivity contribution in [2.45, 2.75) is 0 Å². The summed E-state index contributed by atoms with van der Waals surface area (Å²) in [6.07, 6.45) is 5.30. The number of fused-ring (bicyclic) bond motifs is 1. The third-order valence-corrected chi connectivity index (χ3v) is 2.78. The van der Waals surface area contributed by atoms with Gasteiger partial charge in [0, 0.05) is 23.4 Å². The number of hydrogen-bond donors (Lipinski definition) is 1. The lowest BCUT2D eigenvalue weighted by atomic mass is 10.0. The second-order valence-electron chi connectivity index (χ2n) is 3.81. The Morgan fingerprint density at radius 3 is 2.82 bits per heavy atom. The van der Waals surface area contributed by atoms with Crippen LogP contribution in [0.2, 0.25) is 0 Å². The van der Waals surface area contributed by atoms with Gasteiger partial charge in [0.25, 0.3) is 0 Å². The van der Waals surface area contributed by atoms with Gasteiger partial charge in [-0.3, -0.25) is 4.98 Å². The zero-order valence-electron chi connectivity index (χ0n) is 9.22. The quantitative estimate of drug-likeness (QED) is 0.722. The highest BCUT2D eigenvalue weighted by Crippen LogP contribution is 2.25.